The number of aliphatic carboxylic acids is 1. The molecule has 1 unspecified atom stereocenters. The Bertz CT molecular complexity index is 1270. The van der Waals surface area contributed by atoms with Gasteiger partial charge in [-0.3, -0.25) is 4.79 Å². The highest BCUT2D eigenvalue weighted by molar-refractivity contribution is 5.94. The second-order valence-corrected chi connectivity index (χ2v) is 7.94. The first-order valence-corrected chi connectivity index (χ1v) is 11.1. The van der Waals surface area contributed by atoms with Gasteiger partial charge in [0.15, 0.2) is 5.76 Å². The van der Waals surface area contributed by atoms with Gasteiger partial charge in [-0.25, -0.2) is 9.59 Å². The number of nitrogens with one attached hydrogen (secondary N) is 2. The minimum absolute atomic E-state index is 0.00756. The first kappa shape index (κ1) is 23.6. The molecule has 8 heteroatoms. The molecule has 1 aliphatic carbocycles. The molecule has 2 amide bonds. The lowest BCUT2D eigenvalue weighted by Gasteiger charge is -2.14. The summed E-state index contributed by atoms with van der Waals surface area (Å²) in [7, 11) is 0. The molecule has 3 N–H and O–H groups in total. The Morgan fingerprint density at radius 1 is 1.03 bits per heavy atom. The molecule has 0 radical (unpaired) electrons. The lowest BCUT2D eigenvalue weighted by atomic mass is 9.98. The van der Waals surface area contributed by atoms with Crippen molar-refractivity contribution in [3.63, 3.8) is 0 Å². The average Bonchev–Trinajstić information content (AvgIpc) is 3.47. The molecule has 1 aliphatic rings. The number of carboxylic acid groups (broad SMARTS) is 1. The third-order valence-corrected chi connectivity index (χ3v) is 5.72. The number of ether oxygens (including phenoxy) is 1. The topological polar surface area (TPSA) is 118 Å². The predicted octanol–water partition coefficient (Wildman–Crippen LogP) is 3.91. The summed E-state index contributed by atoms with van der Waals surface area (Å²) in [6, 6.07) is 17.9. The molecule has 2 aromatic carbocycles. The quantitative estimate of drug-likeness (QED) is 0.428. The summed E-state index contributed by atoms with van der Waals surface area (Å²) in [6.07, 6.45) is -0.632. The van der Waals surface area contributed by atoms with E-state index in [-0.39, 0.29) is 31.3 Å². The van der Waals surface area contributed by atoms with E-state index < -0.39 is 24.0 Å². The summed E-state index contributed by atoms with van der Waals surface area (Å²) >= 11 is 0. The van der Waals surface area contributed by atoms with E-state index in [2.05, 4.69) is 34.6 Å². The number of fused-ring (bicyclic) bond motifs is 3. The Kier molecular flexibility index (Phi) is 7.17. The monoisotopic (exact) mass is 472 g/mol. The summed E-state index contributed by atoms with van der Waals surface area (Å²) in [5.74, 6) is 3.57. The number of alkyl carbamates (subject to hydrolysis) is 1. The van der Waals surface area contributed by atoms with E-state index in [0.29, 0.717) is 5.76 Å². The maximum Gasteiger partial charge on any atom is 0.407 e. The number of hydrogen-bond acceptors (Lipinski definition) is 5. The summed E-state index contributed by atoms with van der Waals surface area (Å²) in [6.45, 7) is 1.78. The molecule has 0 saturated heterocycles. The molecule has 0 fully saturated rings. The zero-order valence-corrected chi connectivity index (χ0v) is 19.0. The van der Waals surface area contributed by atoms with Crippen LogP contribution in [0.15, 0.2) is 65.1 Å². The van der Waals surface area contributed by atoms with Crippen LogP contribution in [0.4, 0.5) is 4.79 Å². The Hall–Kier alpha value is -4.51. The molecule has 1 heterocycles. The number of carbonyl (C=O) groups excluding carboxylic acids is 2. The van der Waals surface area contributed by atoms with Gasteiger partial charge in [0.25, 0.3) is 5.91 Å². The number of carbonyl (C=O) groups is 3. The number of furan rings is 1. The van der Waals surface area contributed by atoms with Crippen LogP contribution >= 0.6 is 0 Å². The molecule has 1 atom stereocenters. The minimum Gasteiger partial charge on any atom is -0.480 e. The van der Waals surface area contributed by atoms with Crippen molar-refractivity contribution < 1.29 is 28.6 Å². The second kappa shape index (κ2) is 10.6. The first-order valence-electron chi connectivity index (χ1n) is 11.1. The largest absolute Gasteiger partial charge is 0.480 e. The Balaban J connectivity index is 1.30. The van der Waals surface area contributed by atoms with Crippen LogP contribution in [0.3, 0.4) is 0 Å². The van der Waals surface area contributed by atoms with Gasteiger partial charge < -0.3 is 24.9 Å². The van der Waals surface area contributed by atoms with Crippen molar-refractivity contribution in [3.05, 3.63) is 83.3 Å². The summed E-state index contributed by atoms with van der Waals surface area (Å²) in [5, 5.41) is 14.2. The van der Waals surface area contributed by atoms with Crippen LogP contribution in [0, 0.1) is 11.8 Å². The van der Waals surface area contributed by atoms with Crippen LogP contribution < -0.4 is 10.6 Å². The van der Waals surface area contributed by atoms with Gasteiger partial charge in [-0.1, -0.05) is 48.5 Å². The molecule has 1 aromatic heterocycles. The highest BCUT2D eigenvalue weighted by atomic mass is 16.5. The molecule has 0 spiro atoms. The maximum atomic E-state index is 12.3. The molecular weight excluding hydrogens is 448 g/mol. The van der Waals surface area contributed by atoms with E-state index in [1.807, 2.05) is 36.4 Å². The molecule has 178 valence electrons. The molecule has 0 saturated carbocycles. The fourth-order valence-electron chi connectivity index (χ4n) is 4.04. The van der Waals surface area contributed by atoms with E-state index >= 15 is 0 Å². The number of amides is 2. The van der Waals surface area contributed by atoms with Crippen LogP contribution in [0.2, 0.25) is 0 Å². The third-order valence-electron chi connectivity index (χ3n) is 5.72. The Morgan fingerprint density at radius 2 is 1.69 bits per heavy atom. The van der Waals surface area contributed by atoms with Crippen LogP contribution in [0.25, 0.3) is 11.1 Å². The first-order chi connectivity index (χ1) is 17.0. The van der Waals surface area contributed by atoms with Crippen molar-refractivity contribution >= 4 is 18.0 Å². The fourth-order valence-corrected chi connectivity index (χ4v) is 4.04. The van der Waals surface area contributed by atoms with Crippen molar-refractivity contribution in [3.8, 4) is 23.0 Å². The number of rotatable bonds is 8. The van der Waals surface area contributed by atoms with E-state index in [1.165, 1.54) is 12.1 Å². The van der Waals surface area contributed by atoms with Crippen LogP contribution in [0.5, 0.6) is 0 Å². The van der Waals surface area contributed by atoms with E-state index in [4.69, 9.17) is 9.15 Å². The predicted molar refractivity (Wildman–Crippen MR) is 128 cm³/mol. The van der Waals surface area contributed by atoms with E-state index in [1.54, 1.807) is 6.92 Å². The standard InChI is InChI=1S/C27H24N2O6/c1-2-3-12-23(26(31)32)29-25(30)24-14-13-17(35-24)15-28-27(33)34-16-22-20-10-6-4-8-18(20)19-9-5-7-11-21(19)22/h4-11,13-14,22-23H,12,15-16H2,1H3,(H,28,33)(H,29,30)(H,31,32). The molecule has 35 heavy (non-hydrogen) atoms. The van der Waals surface area contributed by atoms with Crippen molar-refractivity contribution in [1.29, 1.82) is 0 Å². The second-order valence-electron chi connectivity index (χ2n) is 7.94. The molecular formula is C27H24N2O6. The molecule has 4 rings (SSSR count). The number of benzene rings is 2. The van der Waals surface area contributed by atoms with Crippen molar-refractivity contribution in [2.45, 2.75) is 31.8 Å². The Morgan fingerprint density at radius 3 is 2.31 bits per heavy atom. The highest BCUT2D eigenvalue weighted by Crippen LogP contribution is 2.44. The lowest BCUT2D eigenvalue weighted by molar-refractivity contribution is -0.139. The van der Waals surface area contributed by atoms with E-state index in [9.17, 15) is 19.5 Å². The molecule has 8 nitrogen and oxygen atoms in total. The van der Waals surface area contributed by atoms with Crippen LogP contribution in [0.1, 0.15) is 46.7 Å². The van der Waals surface area contributed by atoms with Crippen LogP contribution in [-0.4, -0.2) is 35.7 Å². The lowest BCUT2D eigenvalue weighted by Crippen LogP contribution is -2.40. The Labute approximate surface area is 202 Å². The van der Waals surface area contributed by atoms with Crippen molar-refractivity contribution in [1.82, 2.24) is 10.6 Å². The van der Waals surface area contributed by atoms with Crippen molar-refractivity contribution in [2.24, 2.45) is 0 Å². The van der Waals surface area contributed by atoms with Gasteiger partial charge in [-0.05, 0) is 41.3 Å². The zero-order chi connectivity index (χ0) is 24.8. The molecule has 0 bridgehead atoms. The van der Waals surface area contributed by atoms with Gasteiger partial charge >= 0.3 is 12.1 Å². The number of carboxylic acids is 1. The van der Waals surface area contributed by atoms with Gasteiger partial charge in [0, 0.05) is 12.3 Å². The number of hydrogen-bond donors (Lipinski definition) is 3. The summed E-state index contributed by atoms with van der Waals surface area (Å²) in [5.41, 5.74) is 4.52. The molecule has 3 aromatic rings. The highest BCUT2D eigenvalue weighted by Gasteiger charge is 2.29. The van der Waals surface area contributed by atoms with E-state index in [0.717, 1.165) is 22.3 Å². The average molecular weight is 472 g/mol. The van der Waals surface area contributed by atoms with Gasteiger partial charge in [0.05, 0.1) is 6.54 Å². The SMILES string of the molecule is CC#CCC(NC(=O)c1ccc(CNC(=O)OCC2c3ccccc3-c3ccccc32)o1)C(=O)O. The van der Waals surface area contributed by atoms with Gasteiger partial charge in [-0.2, -0.15) is 0 Å². The fraction of sp³-hybridized carbons (Fsp3) is 0.222. The minimum atomic E-state index is -1.19. The van der Waals surface area contributed by atoms with Crippen LogP contribution in [-0.2, 0) is 16.1 Å². The normalized spacial score (nSPS) is 12.5. The van der Waals surface area contributed by atoms with Gasteiger partial charge in [0.2, 0.25) is 0 Å². The summed E-state index contributed by atoms with van der Waals surface area (Å²) in [4.78, 5) is 35.9. The third kappa shape index (κ3) is 5.36. The molecule has 0 aliphatic heterocycles. The zero-order valence-electron chi connectivity index (χ0n) is 19.0. The summed E-state index contributed by atoms with van der Waals surface area (Å²) < 4.78 is 10.9. The maximum absolute atomic E-state index is 12.3. The van der Waals surface area contributed by atoms with Crippen molar-refractivity contribution in [2.75, 3.05) is 6.61 Å². The van der Waals surface area contributed by atoms with Gasteiger partial charge in [0.1, 0.15) is 18.4 Å². The van der Waals surface area contributed by atoms with Gasteiger partial charge in [-0.15, -0.1) is 11.8 Å². The smallest absolute Gasteiger partial charge is 0.407 e.